The quantitative estimate of drug-likeness (QED) is 0.730. The Kier molecular flexibility index (Phi) is 6.77. The van der Waals surface area contributed by atoms with Gasteiger partial charge in [0, 0.05) is 18.0 Å². The molecule has 1 aliphatic heterocycles. The van der Waals surface area contributed by atoms with Crippen molar-refractivity contribution in [1.82, 2.24) is 10.2 Å². The van der Waals surface area contributed by atoms with Crippen molar-refractivity contribution in [2.24, 2.45) is 0 Å². The molecule has 1 atom stereocenters. The van der Waals surface area contributed by atoms with Gasteiger partial charge in [0.15, 0.2) is 0 Å². The van der Waals surface area contributed by atoms with E-state index in [4.69, 9.17) is 27.6 Å². The maximum Gasteiger partial charge on any atom is 0.237 e. The normalized spacial score (nSPS) is 17.0. The van der Waals surface area contributed by atoms with E-state index in [0.717, 1.165) is 19.4 Å². The van der Waals surface area contributed by atoms with Crippen molar-refractivity contribution in [1.29, 1.82) is 0 Å². The third-order valence-corrected chi connectivity index (χ3v) is 5.08. The molecule has 8 heteroatoms. The number of rotatable bonds is 7. The summed E-state index contributed by atoms with van der Waals surface area (Å²) in [5, 5.41) is 6.60. The molecule has 2 amide bonds. The van der Waals surface area contributed by atoms with E-state index < -0.39 is 0 Å². The minimum atomic E-state index is -0.220. The molecular formula is C19H21Cl2N3O3. The predicted molar refractivity (Wildman–Crippen MR) is 105 cm³/mol. The largest absolute Gasteiger partial charge is 0.467 e. The van der Waals surface area contributed by atoms with E-state index in [9.17, 15) is 9.59 Å². The van der Waals surface area contributed by atoms with E-state index in [2.05, 4.69) is 10.6 Å². The van der Waals surface area contributed by atoms with Crippen LogP contribution in [0.3, 0.4) is 0 Å². The molecule has 3 rings (SSSR count). The molecule has 1 aromatic carbocycles. The molecule has 1 aromatic heterocycles. The van der Waals surface area contributed by atoms with Crippen LogP contribution in [-0.2, 0) is 16.1 Å². The zero-order chi connectivity index (χ0) is 19.2. The van der Waals surface area contributed by atoms with Gasteiger partial charge in [0.2, 0.25) is 11.8 Å². The number of hydrogen-bond acceptors (Lipinski definition) is 4. The summed E-state index contributed by atoms with van der Waals surface area (Å²) in [5.41, 5.74) is 0.489. The SMILES string of the molecule is O=C(CCN1CCC[C@@H]1C(=O)NCc1ccco1)Nc1cc(Cl)ccc1Cl. The minimum Gasteiger partial charge on any atom is -0.467 e. The summed E-state index contributed by atoms with van der Waals surface area (Å²) in [6.07, 6.45) is 3.56. The Hall–Kier alpha value is -2.02. The molecule has 0 aliphatic carbocycles. The smallest absolute Gasteiger partial charge is 0.237 e. The highest BCUT2D eigenvalue weighted by Gasteiger charge is 2.30. The number of furan rings is 1. The second kappa shape index (κ2) is 9.26. The van der Waals surface area contributed by atoms with Gasteiger partial charge in [-0.1, -0.05) is 23.2 Å². The van der Waals surface area contributed by atoms with Gasteiger partial charge in [-0.3, -0.25) is 14.5 Å². The maximum atomic E-state index is 12.4. The first-order valence-electron chi connectivity index (χ1n) is 8.82. The number of anilines is 1. The second-order valence-electron chi connectivity index (χ2n) is 6.41. The zero-order valence-corrected chi connectivity index (χ0v) is 16.2. The molecule has 0 spiro atoms. The number of amides is 2. The van der Waals surface area contributed by atoms with Crippen LogP contribution in [0.2, 0.25) is 10.0 Å². The Morgan fingerprint density at radius 2 is 2.11 bits per heavy atom. The number of halogens is 2. The Balaban J connectivity index is 1.48. The highest BCUT2D eigenvalue weighted by Crippen LogP contribution is 2.25. The fourth-order valence-corrected chi connectivity index (χ4v) is 3.48. The van der Waals surface area contributed by atoms with Crippen LogP contribution in [0.5, 0.6) is 0 Å². The van der Waals surface area contributed by atoms with Crippen LogP contribution in [-0.4, -0.2) is 35.8 Å². The van der Waals surface area contributed by atoms with E-state index in [-0.39, 0.29) is 24.3 Å². The van der Waals surface area contributed by atoms with Crippen LogP contribution in [0.25, 0.3) is 0 Å². The molecule has 2 aromatic rings. The molecule has 27 heavy (non-hydrogen) atoms. The summed E-state index contributed by atoms with van der Waals surface area (Å²) in [7, 11) is 0. The maximum absolute atomic E-state index is 12.4. The monoisotopic (exact) mass is 409 g/mol. The van der Waals surface area contributed by atoms with Crippen LogP contribution in [0, 0.1) is 0 Å². The van der Waals surface area contributed by atoms with Crippen LogP contribution in [0.15, 0.2) is 41.0 Å². The van der Waals surface area contributed by atoms with Crippen molar-refractivity contribution >= 4 is 40.7 Å². The van der Waals surface area contributed by atoms with Gasteiger partial charge in [-0.25, -0.2) is 0 Å². The standard InChI is InChI=1S/C19H21Cl2N3O3/c20-13-5-6-15(21)16(11-13)23-18(25)7-9-24-8-1-4-17(24)19(26)22-12-14-3-2-10-27-14/h2-3,5-6,10-11,17H,1,4,7-9,12H2,(H,22,26)(H,23,25)/t17-/m1/s1. The lowest BCUT2D eigenvalue weighted by atomic mass is 10.2. The van der Waals surface area contributed by atoms with E-state index in [1.54, 1.807) is 30.5 Å². The van der Waals surface area contributed by atoms with Crippen molar-refractivity contribution in [2.75, 3.05) is 18.4 Å². The fraction of sp³-hybridized carbons (Fsp3) is 0.368. The average molecular weight is 410 g/mol. The van der Waals surface area contributed by atoms with E-state index >= 15 is 0 Å². The summed E-state index contributed by atoms with van der Waals surface area (Å²) in [5.74, 6) is 0.508. The van der Waals surface area contributed by atoms with Crippen LogP contribution < -0.4 is 10.6 Å². The Labute approximate surface area is 167 Å². The number of carbonyl (C=O) groups is 2. The van der Waals surface area contributed by atoms with Gasteiger partial charge >= 0.3 is 0 Å². The molecule has 0 bridgehead atoms. The Morgan fingerprint density at radius 1 is 1.26 bits per heavy atom. The molecule has 2 N–H and O–H groups in total. The molecular weight excluding hydrogens is 389 g/mol. The number of benzene rings is 1. The van der Waals surface area contributed by atoms with Gasteiger partial charge in [-0.05, 0) is 49.7 Å². The number of nitrogens with zero attached hydrogens (tertiary/aromatic N) is 1. The van der Waals surface area contributed by atoms with Gasteiger partial charge in [0.05, 0.1) is 29.6 Å². The first kappa shape index (κ1) is 19.7. The number of carbonyl (C=O) groups excluding carboxylic acids is 2. The summed E-state index contributed by atoms with van der Waals surface area (Å²) in [6, 6.07) is 8.30. The highest BCUT2D eigenvalue weighted by atomic mass is 35.5. The first-order chi connectivity index (χ1) is 13.0. The number of nitrogens with one attached hydrogen (secondary N) is 2. The third kappa shape index (κ3) is 5.48. The third-order valence-electron chi connectivity index (χ3n) is 4.51. The topological polar surface area (TPSA) is 74.6 Å². The van der Waals surface area contributed by atoms with Gasteiger partial charge in [0.25, 0.3) is 0 Å². The van der Waals surface area contributed by atoms with E-state index in [1.807, 2.05) is 11.0 Å². The van der Waals surface area contributed by atoms with Crippen molar-refractivity contribution < 1.29 is 14.0 Å². The lowest BCUT2D eigenvalue weighted by Gasteiger charge is -2.23. The number of likely N-dealkylation sites (tertiary alicyclic amines) is 1. The fourth-order valence-electron chi connectivity index (χ4n) is 3.15. The molecule has 0 saturated carbocycles. The van der Waals surface area contributed by atoms with Gasteiger partial charge in [-0.15, -0.1) is 0 Å². The molecule has 0 radical (unpaired) electrons. The Bertz CT molecular complexity index is 796. The van der Waals surface area contributed by atoms with Crippen LogP contribution in [0.1, 0.15) is 25.0 Å². The van der Waals surface area contributed by atoms with E-state index in [0.29, 0.717) is 34.6 Å². The molecule has 6 nitrogen and oxygen atoms in total. The summed E-state index contributed by atoms with van der Waals surface area (Å²) < 4.78 is 5.23. The predicted octanol–water partition coefficient (Wildman–Crippen LogP) is 3.70. The van der Waals surface area contributed by atoms with E-state index in [1.165, 1.54) is 0 Å². The summed E-state index contributed by atoms with van der Waals surface area (Å²) in [4.78, 5) is 26.7. The zero-order valence-electron chi connectivity index (χ0n) is 14.7. The minimum absolute atomic E-state index is 0.0396. The van der Waals surface area contributed by atoms with Gasteiger partial charge < -0.3 is 15.1 Å². The molecule has 144 valence electrons. The Morgan fingerprint density at radius 3 is 2.89 bits per heavy atom. The molecule has 2 heterocycles. The van der Waals surface area contributed by atoms with Gasteiger partial charge in [-0.2, -0.15) is 0 Å². The van der Waals surface area contributed by atoms with Crippen molar-refractivity contribution in [3.8, 4) is 0 Å². The summed E-state index contributed by atoms with van der Waals surface area (Å²) in [6.45, 7) is 1.66. The second-order valence-corrected chi connectivity index (χ2v) is 7.26. The first-order valence-corrected chi connectivity index (χ1v) is 9.57. The van der Waals surface area contributed by atoms with Crippen LogP contribution >= 0.6 is 23.2 Å². The highest BCUT2D eigenvalue weighted by molar-refractivity contribution is 6.35. The van der Waals surface area contributed by atoms with Crippen molar-refractivity contribution in [3.63, 3.8) is 0 Å². The average Bonchev–Trinajstić information content (AvgIpc) is 3.32. The number of hydrogen-bond donors (Lipinski definition) is 2. The van der Waals surface area contributed by atoms with Gasteiger partial charge in [0.1, 0.15) is 5.76 Å². The lowest BCUT2D eigenvalue weighted by molar-refractivity contribution is -0.126. The molecule has 1 fully saturated rings. The molecule has 1 saturated heterocycles. The lowest BCUT2D eigenvalue weighted by Crippen LogP contribution is -2.43. The van der Waals surface area contributed by atoms with Crippen molar-refractivity contribution in [3.05, 3.63) is 52.4 Å². The summed E-state index contributed by atoms with van der Waals surface area (Å²) >= 11 is 12.0. The molecule has 1 aliphatic rings. The van der Waals surface area contributed by atoms with Crippen molar-refractivity contribution in [2.45, 2.75) is 31.8 Å². The molecule has 0 unspecified atom stereocenters. The van der Waals surface area contributed by atoms with Crippen LogP contribution in [0.4, 0.5) is 5.69 Å².